The Morgan fingerprint density at radius 2 is 2.36 bits per heavy atom. The van der Waals surface area contributed by atoms with Crippen molar-refractivity contribution >= 4 is 29.5 Å². The molecule has 0 aliphatic carbocycles. The lowest BCUT2D eigenvalue weighted by Crippen LogP contribution is -2.27. The molecule has 11 heavy (non-hydrogen) atoms. The van der Waals surface area contributed by atoms with Crippen molar-refractivity contribution in [2.24, 2.45) is 4.99 Å². The summed E-state index contributed by atoms with van der Waals surface area (Å²) < 4.78 is -1.77. The molecule has 7 heteroatoms. The molecule has 0 aromatic rings. The van der Waals surface area contributed by atoms with Crippen LogP contribution in [0.25, 0.3) is 0 Å². The summed E-state index contributed by atoms with van der Waals surface area (Å²) in [6.45, 7) is 0. The molecule has 0 aromatic heterocycles. The Morgan fingerprint density at radius 3 is 2.73 bits per heavy atom. The van der Waals surface area contributed by atoms with E-state index in [9.17, 15) is 10.1 Å². The van der Waals surface area contributed by atoms with Gasteiger partial charge in [0, 0.05) is 0 Å². The summed E-state index contributed by atoms with van der Waals surface area (Å²) in [5.41, 5.74) is -0.386. The van der Waals surface area contributed by atoms with Gasteiger partial charge >= 0.3 is 10.2 Å². The number of hydrogen-bond acceptors (Lipinski definition) is 4. The molecule has 1 rings (SSSR count). The van der Waals surface area contributed by atoms with Crippen LogP contribution in [0.15, 0.2) is 16.9 Å². The van der Waals surface area contributed by atoms with Crippen LogP contribution in [0.5, 0.6) is 0 Å². The monoisotopic (exact) mass is 195 g/mol. The van der Waals surface area contributed by atoms with Crippen LogP contribution >= 0.6 is 23.2 Å². The van der Waals surface area contributed by atoms with E-state index in [1.807, 2.05) is 0 Å². The van der Waals surface area contributed by atoms with Gasteiger partial charge in [-0.2, -0.15) is 0 Å². The average Bonchev–Trinajstić information content (AvgIpc) is 1.85. The molecule has 0 saturated heterocycles. The molecule has 1 N–H and O–H groups in total. The topological polar surface area (TPSA) is 67.5 Å². The SMILES string of the molecule is O=[N+]([O-])C1=CNC=NC1(Cl)Cl. The van der Waals surface area contributed by atoms with Gasteiger partial charge in [-0.25, -0.2) is 4.99 Å². The highest BCUT2D eigenvalue weighted by molar-refractivity contribution is 6.50. The summed E-state index contributed by atoms with van der Waals surface area (Å²) in [7, 11) is 0. The lowest BCUT2D eigenvalue weighted by Gasteiger charge is -2.13. The molecule has 0 aromatic carbocycles. The quantitative estimate of drug-likeness (QED) is 0.292. The van der Waals surface area contributed by atoms with Gasteiger partial charge in [-0.1, -0.05) is 23.2 Å². The number of aliphatic imine (C=N–C) groups is 1. The van der Waals surface area contributed by atoms with Crippen LogP contribution in [0.4, 0.5) is 0 Å². The predicted molar refractivity (Wildman–Crippen MR) is 41.1 cm³/mol. The van der Waals surface area contributed by atoms with Gasteiger partial charge in [-0.3, -0.25) is 10.1 Å². The number of nitro groups is 1. The Kier molecular flexibility index (Phi) is 2.01. The van der Waals surface area contributed by atoms with Crippen molar-refractivity contribution in [2.45, 2.75) is 4.46 Å². The van der Waals surface area contributed by atoms with Crippen molar-refractivity contribution in [2.75, 3.05) is 0 Å². The van der Waals surface area contributed by atoms with Crippen LogP contribution in [-0.4, -0.2) is 15.7 Å². The molecule has 0 radical (unpaired) electrons. The number of hydrogen-bond donors (Lipinski definition) is 1. The molecule has 0 spiro atoms. The molecule has 0 atom stereocenters. The molecule has 1 aliphatic rings. The second kappa shape index (κ2) is 2.67. The van der Waals surface area contributed by atoms with Crippen molar-refractivity contribution in [1.29, 1.82) is 0 Å². The molecular weight excluding hydrogens is 193 g/mol. The second-order valence-corrected chi connectivity index (χ2v) is 3.04. The van der Waals surface area contributed by atoms with Crippen molar-refractivity contribution in [3.05, 3.63) is 22.0 Å². The van der Waals surface area contributed by atoms with E-state index in [1.54, 1.807) is 0 Å². The van der Waals surface area contributed by atoms with E-state index in [0.29, 0.717) is 0 Å². The minimum Gasteiger partial charge on any atom is -0.347 e. The van der Waals surface area contributed by atoms with Crippen LogP contribution in [-0.2, 0) is 0 Å². The van der Waals surface area contributed by atoms with E-state index in [0.717, 1.165) is 6.20 Å². The summed E-state index contributed by atoms with van der Waals surface area (Å²) in [4.78, 5) is 13.0. The van der Waals surface area contributed by atoms with Crippen molar-refractivity contribution < 1.29 is 4.92 Å². The van der Waals surface area contributed by atoms with Crippen molar-refractivity contribution in [3.8, 4) is 0 Å². The zero-order valence-electron chi connectivity index (χ0n) is 5.12. The van der Waals surface area contributed by atoms with Gasteiger partial charge in [-0.05, 0) is 0 Å². The third-order valence-corrected chi connectivity index (χ3v) is 1.61. The molecule has 1 aliphatic heterocycles. The first-order valence-electron chi connectivity index (χ1n) is 2.56. The lowest BCUT2D eigenvalue weighted by molar-refractivity contribution is -0.429. The van der Waals surface area contributed by atoms with Crippen LogP contribution in [0, 0.1) is 10.1 Å². The van der Waals surface area contributed by atoms with Gasteiger partial charge in [0.05, 0.1) is 17.5 Å². The standard InChI is InChI=1S/C4H3Cl2N3O2/c5-4(6)3(9(10)11)1-7-2-8-4/h1-2H,(H,7,8). The second-order valence-electron chi connectivity index (χ2n) is 1.75. The first-order valence-corrected chi connectivity index (χ1v) is 3.32. The number of nitrogens with one attached hydrogen (secondary N) is 1. The fraction of sp³-hybridized carbons (Fsp3) is 0.250. The minimum absolute atomic E-state index is 0.386. The Hall–Kier alpha value is -0.810. The third-order valence-electron chi connectivity index (χ3n) is 1.03. The summed E-state index contributed by atoms with van der Waals surface area (Å²) in [5, 5.41) is 12.6. The smallest absolute Gasteiger partial charge is 0.320 e. The highest BCUT2D eigenvalue weighted by atomic mass is 35.5. The molecule has 60 valence electrons. The summed E-state index contributed by atoms with van der Waals surface area (Å²) in [6.07, 6.45) is 2.28. The number of alkyl halides is 2. The van der Waals surface area contributed by atoms with Gasteiger partial charge in [0.2, 0.25) is 0 Å². The van der Waals surface area contributed by atoms with Crippen molar-refractivity contribution in [3.63, 3.8) is 0 Å². The minimum atomic E-state index is -1.77. The maximum atomic E-state index is 10.2. The maximum absolute atomic E-state index is 10.2. The number of rotatable bonds is 1. The normalized spacial score (nSPS) is 20.4. The molecule has 0 amide bonds. The van der Waals surface area contributed by atoms with E-state index >= 15 is 0 Å². The van der Waals surface area contributed by atoms with Gasteiger partial charge in [0.15, 0.2) is 0 Å². The lowest BCUT2D eigenvalue weighted by atomic mass is 10.4. The summed E-state index contributed by atoms with van der Waals surface area (Å²) in [5.74, 6) is 0. The van der Waals surface area contributed by atoms with E-state index in [1.165, 1.54) is 6.34 Å². The molecule has 1 heterocycles. The molecular formula is C4H3Cl2N3O2. The number of nitrogens with zero attached hydrogens (tertiary/aromatic N) is 2. The fourth-order valence-corrected chi connectivity index (χ4v) is 0.895. The van der Waals surface area contributed by atoms with E-state index in [2.05, 4.69) is 10.3 Å². The zero-order chi connectivity index (χ0) is 8.48. The Bertz CT molecular complexity index is 248. The molecule has 0 unspecified atom stereocenters. The largest absolute Gasteiger partial charge is 0.347 e. The predicted octanol–water partition coefficient (Wildman–Crippen LogP) is 0.867. The highest BCUT2D eigenvalue weighted by Gasteiger charge is 2.39. The average molecular weight is 196 g/mol. The first-order chi connectivity index (χ1) is 5.04. The third kappa shape index (κ3) is 1.61. The fourth-order valence-electron chi connectivity index (χ4n) is 0.550. The van der Waals surface area contributed by atoms with Gasteiger partial charge in [0.25, 0.3) is 0 Å². The highest BCUT2D eigenvalue weighted by Crippen LogP contribution is 2.32. The maximum Gasteiger partial charge on any atom is 0.320 e. The van der Waals surface area contributed by atoms with Crippen LogP contribution < -0.4 is 5.32 Å². The number of halogens is 2. The Balaban J connectivity index is 2.95. The molecule has 0 saturated carbocycles. The molecule has 5 nitrogen and oxygen atoms in total. The molecule has 0 fully saturated rings. The van der Waals surface area contributed by atoms with Crippen LogP contribution in [0.1, 0.15) is 0 Å². The Morgan fingerprint density at radius 1 is 1.73 bits per heavy atom. The van der Waals surface area contributed by atoms with E-state index in [4.69, 9.17) is 23.2 Å². The van der Waals surface area contributed by atoms with Gasteiger partial charge in [-0.15, -0.1) is 0 Å². The van der Waals surface area contributed by atoms with Crippen LogP contribution in [0.3, 0.4) is 0 Å². The van der Waals surface area contributed by atoms with Crippen LogP contribution in [0.2, 0.25) is 0 Å². The van der Waals surface area contributed by atoms with Gasteiger partial charge < -0.3 is 5.32 Å². The van der Waals surface area contributed by atoms with E-state index < -0.39 is 9.38 Å². The zero-order valence-corrected chi connectivity index (χ0v) is 6.63. The van der Waals surface area contributed by atoms with E-state index in [-0.39, 0.29) is 5.70 Å². The Labute approximate surface area is 71.8 Å². The summed E-state index contributed by atoms with van der Waals surface area (Å²) >= 11 is 10.9. The van der Waals surface area contributed by atoms with Crippen molar-refractivity contribution in [1.82, 2.24) is 5.32 Å². The summed E-state index contributed by atoms with van der Waals surface area (Å²) in [6, 6.07) is 0. The van der Waals surface area contributed by atoms with Gasteiger partial charge in [0.1, 0.15) is 0 Å². The first kappa shape index (κ1) is 8.29. The molecule has 0 bridgehead atoms.